The topological polar surface area (TPSA) is 97.4 Å². The van der Waals surface area contributed by atoms with Gasteiger partial charge in [0.2, 0.25) is 0 Å². The Kier molecular flexibility index (Phi) is 3.86. The fourth-order valence-corrected chi connectivity index (χ4v) is 2.11. The van der Waals surface area contributed by atoms with E-state index in [0.29, 0.717) is 10.4 Å². The molecule has 0 aliphatic heterocycles. The molecular weight excluding hydrogens is 268 g/mol. The molecule has 0 saturated carbocycles. The van der Waals surface area contributed by atoms with Crippen molar-refractivity contribution in [2.24, 2.45) is 0 Å². The molecule has 0 saturated heterocycles. The maximum atomic E-state index is 10.1. The van der Waals surface area contributed by atoms with Crippen molar-refractivity contribution in [3.05, 3.63) is 35.0 Å². The van der Waals surface area contributed by atoms with E-state index in [1.54, 1.807) is 18.2 Å². The lowest BCUT2D eigenvalue weighted by atomic mass is 9.99. The fourth-order valence-electron chi connectivity index (χ4n) is 1.84. The van der Waals surface area contributed by atoms with Crippen LogP contribution in [0.4, 0.5) is 0 Å². The first-order valence-electron chi connectivity index (χ1n) is 5.55. The Labute approximate surface area is 114 Å². The van der Waals surface area contributed by atoms with Crippen LogP contribution in [0.1, 0.15) is 18.1 Å². The highest BCUT2D eigenvalue weighted by atomic mass is 35.5. The summed E-state index contributed by atoms with van der Waals surface area (Å²) >= 11 is 6.05. The van der Waals surface area contributed by atoms with Gasteiger partial charge in [0.05, 0.1) is 23.6 Å². The van der Waals surface area contributed by atoms with Gasteiger partial charge in [0.15, 0.2) is 0 Å². The van der Waals surface area contributed by atoms with E-state index in [0.717, 1.165) is 0 Å². The molecule has 0 radical (unpaired) electrons. The third kappa shape index (κ3) is 2.47. The number of hydrogen-bond donors (Lipinski definition) is 3. The smallest absolute Gasteiger partial charge is 0.147 e. The van der Waals surface area contributed by atoms with Crippen LogP contribution < -0.4 is 0 Å². The number of fused-ring (bicyclic) bond motifs is 1. The predicted molar refractivity (Wildman–Crippen MR) is 69.6 cm³/mol. The zero-order chi connectivity index (χ0) is 14.0. The number of nitrogens with zero attached hydrogens (tertiary/aromatic N) is 2. The highest BCUT2D eigenvalue weighted by molar-refractivity contribution is 6.35. The van der Waals surface area contributed by atoms with Gasteiger partial charge < -0.3 is 15.3 Å². The SMILES string of the molecule is N#CCC(O)C(O)c1cc(Cl)c2cccnc2c1O. The second kappa shape index (κ2) is 5.41. The van der Waals surface area contributed by atoms with Gasteiger partial charge in [0.1, 0.15) is 17.4 Å². The maximum absolute atomic E-state index is 10.1. The van der Waals surface area contributed by atoms with Gasteiger partial charge >= 0.3 is 0 Å². The third-order valence-electron chi connectivity index (χ3n) is 2.83. The lowest BCUT2D eigenvalue weighted by Crippen LogP contribution is -2.17. The van der Waals surface area contributed by atoms with E-state index >= 15 is 0 Å². The van der Waals surface area contributed by atoms with Crippen LogP contribution in [0.5, 0.6) is 5.75 Å². The fraction of sp³-hybridized carbons (Fsp3) is 0.231. The molecular formula is C13H11ClN2O3. The van der Waals surface area contributed by atoms with Crippen molar-refractivity contribution in [1.29, 1.82) is 5.26 Å². The normalized spacial score (nSPS) is 14.0. The van der Waals surface area contributed by atoms with Gasteiger partial charge in [-0.05, 0) is 18.2 Å². The first-order valence-corrected chi connectivity index (χ1v) is 5.93. The molecule has 19 heavy (non-hydrogen) atoms. The molecule has 1 heterocycles. The van der Waals surface area contributed by atoms with E-state index in [4.69, 9.17) is 16.9 Å². The first kappa shape index (κ1) is 13.6. The van der Waals surface area contributed by atoms with Crippen molar-refractivity contribution < 1.29 is 15.3 Å². The summed E-state index contributed by atoms with van der Waals surface area (Å²) in [5, 5.41) is 39.0. The van der Waals surface area contributed by atoms with Crippen LogP contribution in [0.15, 0.2) is 24.4 Å². The summed E-state index contributed by atoms with van der Waals surface area (Å²) in [5.74, 6) is -0.246. The standard InChI is InChI=1S/C13H11ClN2O3/c14-9-6-8(12(18)10(17)3-4-15)13(19)11-7(9)2-1-5-16-11/h1-2,5-6,10,12,17-19H,3H2. The van der Waals surface area contributed by atoms with E-state index in [-0.39, 0.29) is 23.3 Å². The van der Waals surface area contributed by atoms with Crippen molar-refractivity contribution >= 4 is 22.5 Å². The molecule has 6 heteroatoms. The molecule has 1 aromatic heterocycles. The van der Waals surface area contributed by atoms with Crippen LogP contribution in [0, 0.1) is 11.3 Å². The largest absolute Gasteiger partial charge is 0.505 e. The Morgan fingerprint density at radius 2 is 2.16 bits per heavy atom. The third-order valence-corrected chi connectivity index (χ3v) is 3.14. The van der Waals surface area contributed by atoms with Crippen molar-refractivity contribution in [1.82, 2.24) is 4.98 Å². The number of pyridine rings is 1. The van der Waals surface area contributed by atoms with E-state index in [1.165, 1.54) is 12.3 Å². The van der Waals surface area contributed by atoms with Gasteiger partial charge in [-0.1, -0.05) is 11.6 Å². The molecule has 3 N–H and O–H groups in total. The molecule has 0 aliphatic carbocycles. The van der Waals surface area contributed by atoms with Crippen LogP contribution in [0.25, 0.3) is 10.9 Å². The Balaban J connectivity index is 2.56. The molecule has 0 amide bonds. The second-order valence-electron chi connectivity index (χ2n) is 4.07. The molecule has 98 valence electrons. The lowest BCUT2D eigenvalue weighted by molar-refractivity contribution is 0.0204. The Hall–Kier alpha value is -1.87. The summed E-state index contributed by atoms with van der Waals surface area (Å²) in [4.78, 5) is 4.00. The minimum absolute atomic E-state index is 0.0546. The zero-order valence-electron chi connectivity index (χ0n) is 9.79. The van der Waals surface area contributed by atoms with Crippen LogP contribution in [-0.4, -0.2) is 26.4 Å². The van der Waals surface area contributed by atoms with Gasteiger partial charge in [-0.25, -0.2) is 0 Å². The summed E-state index contributed by atoms with van der Waals surface area (Å²) in [7, 11) is 0. The van der Waals surface area contributed by atoms with Crippen LogP contribution in [0.2, 0.25) is 5.02 Å². The van der Waals surface area contributed by atoms with E-state index in [9.17, 15) is 15.3 Å². The number of aromatic nitrogens is 1. The zero-order valence-corrected chi connectivity index (χ0v) is 10.5. The molecule has 0 aliphatic rings. The molecule has 0 spiro atoms. The summed E-state index contributed by atoms with van der Waals surface area (Å²) in [5.41, 5.74) is 0.298. The summed E-state index contributed by atoms with van der Waals surface area (Å²) in [6.45, 7) is 0. The molecule has 1 aromatic carbocycles. The van der Waals surface area contributed by atoms with Gasteiger partial charge in [0, 0.05) is 17.1 Å². The molecule has 2 aromatic rings. The Morgan fingerprint density at radius 3 is 2.84 bits per heavy atom. The number of benzene rings is 1. The first-order chi connectivity index (χ1) is 9.06. The van der Waals surface area contributed by atoms with Crippen LogP contribution in [0.3, 0.4) is 0 Å². The Bertz CT molecular complexity index is 654. The number of hydrogen-bond acceptors (Lipinski definition) is 5. The number of phenols is 1. The van der Waals surface area contributed by atoms with Crippen molar-refractivity contribution in [2.75, 3.05) is 0 Å². The minimum atomic E-state index is -1.40. The maximum Gasteiger partial charge on any atom is 0.147 e. The van der Waals surface area contributed by atoms with E-state index in [2.05, 4.69) is 4.98 Å². The van der Waals surface area contributed by atoms with Crippen LogP contribution >= 0.6 is 11.6 Å². The van der Waals surface area contributed by atoms with Crippen molar-refractivity contribution in [3.63, 3.8) is 0 Å². The van der Waals surface area contributed by atoms with Gasteiger partial charge in [-0.2, -0.15) is 5.26 Å². The number of phenolic OH excluding ortho intramolecular Hbond substituents is 1. The van der Waals surface area contributed by atoms with Crippen molar-refractivity contribution in [3.8, 4) is 11.8 Å². The molecule has 0 fully saturated rings. The summed E-state index contributed by atoms with van der Waals surface area (Å²) in [6.07, 6.45) is -1.46. The molecule has 0 bridgehead atoms. The van der Waals surface area contributed by atoms with Gasteiger partial charge in [-0.3, -0.25) is 4.98 Å². The number of aromatic hydroxyl groups is 1. The quantitative estimate of drug-likeness (QED) is 0.797. The Morgan fingerprint density at radius 1 is 1.42 bits per heavy atom. The van der Waals surface area contributed by atoms with Crippen LogP contribution in [-0.2, 0) is 0 Å². The van der Waals surface area contributed by atoms with E-state index in [1.807, 2.05) is 0 Å². The summed E-state index contributed by atoms with van der Waals surface area (Å²) < 4.78 is 0. The molecule has 2 atom stereocenters. The van der Waals surface area contributed by atoms with E-state index < -0.39 is 12.2 Å². The molecule has 2 unspecified atom stereocenters. The second-order valence-corrected chi connectivity index (χ2v) is 4.48. The average molecular weight is 279 g/mol. The predicted octanol–water partition coefficient (Wildman–Crippen LogP) is 1.90. The number of rotatable bonds is 3. The lowest BCUT2D eigenvalue weighted by Gasteiger charge is -2.18. The van der Waals surface area contributed by atoms with Gasteiger partial charge in [0.25, 0.3) is 0 Å². The number of aliphatic hydroxyl groups is 2. The number of halogens is 1. The van der Waals surface area contributed by atoms with Gasteiger partial charge in [-0.15, -0.1) is 0 Å². The molecule has 2 rings (SSSR count). The highest BCUT2D eigenvalue weighted by Gasteiger charge is 2.23. The highest BCUT2D eigenvalue weighted by Crippen LogP contribution is 2.37. The summed E-state index contributed by atoms with van der Waals surface area (Å²) in [6, 6.07) is 6.48. The monoisotopic (exact) mass is 278 g/mol. The number of nitriles is 1. The minimum Gasteiger partial charge on any atom is -0.505 e. The number of aliphatic hydroxyl groups excluding tert-OH is 2. The van der Waals surface area contributed by atoms with Crippen molar-refractivity contribution in [2.45, 2.75) is 18.6 Å². The molecule has 5 nitrogen and oxygen atoms in total. The average Bonchev–Trinajstić information content (AvgIpc) is 2.42.